The van der Waals surface area contributed by atoms with Gasteiger partial charge in [0.15, 0.2) is 0 Å². The van der Waals surface area contributed by atoms with Crippen molar-refractivity contribution >= 4 is 37.1 Å². The van der Waals surface area contributed by atoms with E-state index in [-0.39, 0.29) is 47.6 Å². The van der Waals surface area contributed by atoms with Crippen LogP contribution in [-0.4, -0.2) is 79.8 Å². The van der Waals surface area contributed by atoms with Crippen LogP contribution in [0.15, 0.2) is 22.8 Å². The molecule has 0 amide bonds. The maximum atomic E-state index is 13.0. The molecule has 2 rings (SSSR count). The lowest BCUT2D eigenvalue weighted by molar-refractivity contribution is -0.419. The first-order valence-corrected chi connectivity index (χ1v) is 12.3. The van der Waals surface area contributed by atoms with Crippen molar-refractivity contribution in [3.05, 3.63) is 32.9 Å². The third-order valence-corrected chi connectivity index (χ3v) is 8.37. The molecule has 10 nitrogen and oxygen atoms in total. The molecule has 0 bridgehead atoms. The van der Waals surface area contributed by atoms with Crippen molar-refractivity contribution in [2.24, 2.45) is 0 Å². The molecule has 0 aromatic rings. The lowest BCUT2D eigenvalue weighted by Crippen LogP contribution is -2.57. The molecule has 1 aliphatic carbocycles. The minimum atomic E-state index is -4.03. The third-order valence-electron chi connectivity index (χ3n) is 4.50. The molecule has 1 N–H and O–H groups in total. The number of piperazine rings is 1. The van der Waals surface area contributed by atoms with E-state index in [1.165, 1.54) is 14.7 Å². The molecule has 13 heteroatoms. The van der Waals surface area contributed by atoms with E-state index in [2.05, 4.69) is 5.32 Å². The highest BCUT2D eigenvalue weighted by Gasteiger charge is 2.36. The van der Waals surface area contributed by atoms with Crippen LogP contribution in [-0.2, 0) is 20.0 Å². The van der Waals surface area contributed by atoms with Gasteiger partial charge in [0.05, 0.1) is 11.2 Å². The SMILES string of the molecule is CC(C)N(C[C@H]1CN(S(=O)(=O)C2=CC([N+](=O)[O-])=CCC2=S)CCN1)S(C)(=O)=O. The average Bonchev–Trinajstić information content (AvgIpc) is 2.58. The van der Waals surface area contributed by atoms with Crippen molar-refractivity contribution in [2.45, 2.75) is 32.4 Å². The highest BCUT2D eigenvalue weighted by Crippen LogP contribution is 2.25. The van der Waals surface area contributed by atoms with Gasteiger partial charge in [0, 0.05) is 55.6 Å². The van der Waals surface area contributed by atoms with Gasteiger partial charge in [0.25, 0.3) is 5.70 Å². The van der Waals surface area contributed by atoms with Crippen molar-refractivity contribution in [1.82, 2.24) is 13.9 Å². The number of hydrogen-bond donors (Lipinski definition) is 1. The second kappa shape index (κ2) is 8.63. The average molecular weight is 453 g/mol. The summed E-state index contributed by atoms with van der Waals surface area (Å²) in [5.41, 5.74) is -0.304. The van der Waals surface area contributed by atoms with Gasteiger partial charge >= 0.3 is 0 Å². The summed E-state index contributed by atoms with van der Waals surface area (Å²) in [5.74, 6) is 0. The summed E-state index contributed by atoms with van der Waals surface area (Å²) in [4.78, 5) is 10.3. The molecule has 158 valence electrons. The Morgan fingerprint density at radius 2 is 2.04 bits per heavy atom. The number of allylic oxidation sites excluding steroid dienone is 3. The zero-order valence-electron chi connectivity index (χ0n) is 15.9. The lowest BCUT2D eigenvalue weighted by atomic mass is 10.1. The van der Waals surface area contributed by atoms with E-state index in [4.69, 9.17) is 12.2 Å². The number of nitro groups is 1. The normalized spacial score (nSPS) is 22.3. The summed E-state index contributed by atoms with van der Waals surface area (Å²) in [5, 5.41) is 14.1. The smallest absolute Gasteiger partial charge is 0.267 e. The van der Waals surface area contributed by atoms with Crippen molar-refractivity contribution < 1.29 is 21.8 Å². The maximum absolute atomic E-state index is 13.0. The molecule has 0 unspecified atom stereocenters. The van der Waals surface area contributed by atoms with Crippen LogP contribution >= 0.6 is 12.2 Å². The van der Waals surface area contributed by atoms with E-state index < -0.39 is 31.0 Å². The van der Waals surface area contributed by atoms with Gasteiger partial charge in [-0.05, 0) is 19.9 Å². The predicted octanol–water partition coefficient (Wildman–Crippen LogP) is 0.0781. The molecule has 0 radical (unpaired) electrons. The standard InChI is InChI=1S/C15H24N4O6S3/c1-11(2)18(27(3,22)23)10-12-9-17(7-6-16-12)28(24,25)15-8-13(19(20)21)4-5-14(15)26/h4,8,11-12,16H,5-7,9-10H2,1-3H3/t12-/m1/s1. The number of hydrogen-bond acceptors (Lipinski definition) is 8. The minimum Gasteiger partial charge on any atom is -0.310 e. The van der Waals surface area contributed by atoms with Crippen LogP contribution in [0.3, 0.4) is 0 Å². The molecule has 2 aliphatic rings. The second-order valence-electron chi connectivity index (χ2n) is 6.96. The van der Waals surface area contributed by atoms with E-state index >= 15 is 0 Å². The van der Waals surface area contributed by atoms with E-state index in [1.54, 1.807) is 13.8 Å². The number of thiocarbonyl (C=S) groups is 1. The molecule has 0 spiro atoms. The monoisotopic (exact) mass is 452 g/mol. The maximum Gasteiger partial charge on any atom is 0.267 e. The van der Waals surface area contributed by atoms with Crippen molar-refractivity contribution in [1.29, 1.82) is 0 Å². The quantitative estimate of drug-likeness (QED) is 0.326. The summed E-state index contributed by atoms with van der Waals surface area (Å²) < 4.78 is 52.6. The lowest BCUT2D eigenvalue weighted by Gasteiger charge is -2.36. The Kier molecular flexibility index (Phi) is 7.10. The highest BCUT2D eigenvalue weighted by atomic mass is 32.2. The largest absolute Gasteiger partial charge is 0.310 e. The third kappa shape index (κ3) is 5.21. The Hall–Kier alpha value is -1.25. The number of sulfonamides is 2. The molecule has 1 heterocycles. The van der Waals surface area contributed by atoms with Gasteiger partial charge in [0.2, 0.25) is 20.0 Å². The van der Waals surface area contributed by atoms with Crippen LogP contribution < -0.4 is 5.32 Å². The summed E-state index contributed by atoms with van der Waals surface area (Å²) in [6.45, 7) is 4.14. The molecule has 1 fully saturated rings. The first kappa shape index (κ1) is 23.0. The van der Waals surface area contributed by atoms with Crippen molar-refractivity contribution in [2.75, 3.05) is 32.4 Å². The van der Waals surface area contributed by atoms with Crippen LogP contribution in [0.1, 0.15) is 20.3 Å². The Balaban J connectivity index is 2.24. The van der Waals surface area contributed by atoms with Crippen LogP contribution in [0, 0.1) is 10.1 Å². The number of rotatable bonds is 7. The van der Waals surface area contributed by atoms with Crippen molar-refractivity contribution in [3.63, 3.8) is 0 Å². The van der Waals surface area contributed by atoms with Crippen molar-refractivity contribution in [3.8, 4) is 0 Å². The molecule has 0 aromatic carbocycles. The Morgan fingerprint density at radius 3 is 2.57 bits per heavy atom. The Labute approximate surface area is 170 Å². The fourth-order valence-corrected chi connectivity index (χ4v) is 6.44. The summed E-state index contributed by atoms with van der Waals surface area (Å²) >= 11 is 5.12. The molecule has 1 saturated heterocycles. The molecular formula is C15H24N4O6S3. The topological polar surface area (TPSA) is 130 Å². The van der Waals surface area contributed by atoms with Crippen LogP contribution in [0.5, 0.6) is 0 Å². The van der Waals surface area contributed by atoms with Gasteiger partial charge in [-0.2, -0.15) is 8.61 Å². The molecule has 1 atom stereocenters. The van der Waals surface area contributed by atoms with Crippen LogP contribution in [0.2, 0.25) is 0 Å². The van der Waals surface area contributed by atoms with E-state index in [9.17, 15) is 26.9 Å². The van der Waals surface area contributed by atoms with Gasteiger partial charge in [-0.15, -0.1) is 0 Å². The minimum absolute atomic E-state index is 0.0153. The molecule has 0 aromatic heterocycles. The van der Waals surface area contributed by atoms with Gasteiger partial charge in [-0.1, -0.05) is 12.2 Å². The Bertz CT molecular complexity index is 923. The van der Waals surface area contributed by atoms with E-state index in [0.717, 1.165) is 12.3 Å². The van der Waals surface area contributed by atoms with Gasteiger partial charge in [-0.3, -0.25) is 10.1 Å². The zero-order valence-corrected chi connectivity index (χ0v) is 18.3. The van der Waals surface area contributed by atoms with Crippen LogP contribution in [0.25, 0.3) is 0 Å². The fourth-order valence-electron chi connectivity index (χ4n) is 3.14. The Morgan fingerprint density at radius 1 is 1.39 bits per heavy atom. The molecular weight excluding hydrogens is 428 g/mol. The van der Waals surface area contributed by atoms with Gasteiger partial charge in [0.1, 0.15) is 4.91 Å². The highest BCUT2D eigenvalue weighted by molar-refractivity contribution is 7.96. The van der Waals surface area contributed by atoms with E-state index in [1.807, 2.05) is 0 Å². The zero-order chi connectivity index (χ0) is 21.3. The van der Waals surface area contributed by atoms with Crippen LogP contribution in [0.4, 0.5) is 0 Å². The molecule has 1 aliphatic heterocycles. The molecule has 28 heavy (non-hydrogen) atoms. The summed E-state index contributed by atoms with van der Waals surface area (Å²) in [7, 11) is -7.48. The van der Waals surface area contributed by atoms with Gasteiger partial charge < -0.3 is 5.32 Å². The van der Waals surface area contributed by atoms with E-state index in [0.29, 0.717) is 6.54 Å². The predicted molar refractivity (Wildman–Crippen MR) is 109 cm³/mol. The second-order valence-corrected chi connectivity index (χ2v) is 11.3. The molecule has 0 saturated carbocycles. The van der Waals surface area contributed by atoms with Gasteiger partial charge in [-0.25, -0.2) is 16.8 Å². The summed E-state index contributed by atoms with van der Waals surface area (Å²) in [6.07, 6.45) is 3.41. The number of nitrogens with one attached hydrogen (secondary N) is 1. The first-order chi connectivity index (χ1) is 12.8. The summed E-state index contributed by atoms with van der Waals surface area (Å²) in [6, 6.07) is -0.686. The number of nitrogens with zero attached hydrogens (tertiary/aromatic N) is 3. The first-order valence-electron chi connectivity index (χ1n) is 8.64. The fraction of sp³-hybridized carbons (Fsp3) is 0.667.